The van der Waals surface area contributed by atoms with Crippen molar-refractivity contribution in [3.8, 4) is 22.9 Å². The van der Waals surface area contributed by atoms with E-state index in [2.05, 4.69) is 6.58 Å². The van der Waals surface area contributed by atoms with Gasteiger partial charge in [0, 0.05) is 16.7 Å². The molecule has 1 aliphatic heterocycles. The van der Waals surface area contributed by atoms with Crippen LogP contribution in [0.15, 0.2) is 60.3 Å². The zero-order chi connectivity index (χ0) is 18.2. The molecule has 1 aliphatic rings. The molecule has 27 heavy (non-hydrogen) atoms. The Morgan fingerprint density at radius 1 is 1.07 bits per heavy atom. The van der Waals surface area contributed by atoms with E-state index in [0.29, 0.717) is 19.0 Å². The maximum atomic E-state index is 5.69. The second-order valence-corrected chi connectivity index (χ2v) is 7.03. The highest BCUT2D eigenvalue weighted by atomic mass is 32.2. The highest BCUT2D eigenvalue weighted by Crippen LogP contribution is 2.34. The number of fused-ring (bicyclic) bond motifs is 4. The summed E-state index contributed by atoms with van der Waals surface area (Å²) in [6, 6.07) is 13.8. The zero-order valence-electron chi connectivity index (χ0n) is 14.5. The minimum absolute atomic E-state index is 0.548. The number of thioether (sulfide) groups is 1. The summed E-state index contributed by atoms with van der Waals surface area (Å²) in [4.78, 5) is 9.55. The van der Waals surface area contributed by atoms with Crippen molar-refractivity contribution in [3.63, 3.8) is 0 Å². The molecule has 5 rings (SSSR count). The van der Waals surface area contributed by atoms with Crippen LogP contribution in [-0.2, 0) is 0 Å². The molecule has 0 atom stereocenters. The Labute approximate surface area is 159 Å². The number of para-hydroxylation sites is 1. The van der Waals surface area contributed by atoms with Gasteiger partial charge in [0.1, 0.15) is 13.2 Å². The third-order valence-corrected chi connectivity index (χ3v) is 5.20. The van der Waals surface area contributed by atoms with Crippen LogP contribution in [0.25, 0.3) is 27.9 Å². The quantitative estimate of drug-likeness (QED) is 0.305. The van der Waals surface area contributed by atoms with Gasteiger partial charge in [-0.3, -0.25) is 0 Å². The molecule has 0 amide bonds. The third kappa shape index (κ3) is 2.80. The molecule has 7 heteroatoms. The number of ether oxygens (including phenoxy) is 2. The van der Waals surface area contributed by atoms with Gasteiger partial charge in [0.2, 0.25) is 0 Å². The molecule has 2 aromatic heterocycles. The minimum atomic E-state index is 0.548. The second kappa shape index (κ2) is 6.59. The van der Waals surface area contributed by atoms with Gasteiger partial charge >= 0.3 is 0 Å². The Hall–Kier alpha value is -3.06. The van der Waals surface area contributed by atoms with Crippen molar-refractivity contribution < 1.29 is 9.47 Å². The summed E-state index contributed by atoms with van der Waals surface area (Å²) < 4.78 is 13.1. The lowest BCUT2D eigenvalue weighted by molar-refractivity contribution is 0.171. The van der Waals surface area contributed by atoms with Crippen molar-refractivity contribution in [2.24, 2.45) is 0 Å². The molecule has 0 bridgehead atoms. The van der Waals surface area contributed by atoms with Crippen LogP contribution in [0.3, 0.4) is 0 Å². The van der Waals surface area contributed by atoms with Crippen LogP contribution < -0.4 is 9.47 Å². The summed E-state index contributed by atoms with van der Waals surface area (Å²) in [6.45, 7) is 4.91. The summed E-state index contributed by atoms with van der Waals surface area (Å²) in [6.07, 6.45) is 1.85. The van der Waals surface area contributed by atoms with E-state index < -0.39 is 0 Å². The summed E-state index contributed by atoms with van der Waals surface area (Å²) >= 11 is 1.58. The molecule has 0 fully saturated rings. The highest BCUT2D eigenvalue weighted by Gasteiger charge is 2.17. The van der Waals surface area contributed by atoms with Crippen molar-refractivity contribution >= 4 is 28.3 Å². The van der Waals surface area contributed by atoms with Crippen LogP contribution in [0.4, 0.5) is 0 Å². The minimum Gasteiger partial charge on any atom is -0.486 e. The van der Waals surface area contributed by atoms with Gasteiger partial charge < -0.3 is 9.47 Å². The van der Waals surface area contributed by atoms with E-state index in [0.717, 1.165) is 44.5 Å². The van der Waals surface area contributed by atoms with Crippen LogP contribution >= 0.6 is 11.8 Å². The van der Waals surface area contributed by atoms with Crippen LogP contribution in [0.5, 0.6) is 11.5 Å². The number of nitrogens with zero attached hydrogens (tertiary/aromatic N) is 4. The molecule has 2 aromatic carbocycles. The lowest BCUT2D eigenvalue weighted by Crippen LogP contribution is -2.15. The zero-order valence-corrected chi connectivity index (χ0v) is 15.3. The Morgan fingerprint density at radius 2 is 1.93 bits per heavy atom. The molecule has 0 saturated heterocycles. The first-order valence-corrected chi connectivity index (χ1v) is 9.61. The number of hydrogen-bond donors (Lipinski definition) is 0. The SMILES string of the molecule is C=CCSc1nc2ccccc2c2nc(-c3ccc4c(c3)OCCO4)nn12. The topological polar surface area (TPSA) is 61.5 Å². The molecular weight excluding hydrogens is 360 g/mol. The number of rotatable bonds is 4. The molecule has 0 radical (unpaired) electrons. The average Bonchev–Trinajstić information content (AvgIpc) is 3.17. The smallest absolute Gasteiger partial charge is 0.191 e. The Kier molecular flexibility index (Phi) is 3.94. The van der Waals surface area contributed by atoms with E-state index in [4.69, 9.17) is 24.5 Å². The van der Waals surface area contributed by atoms with Gasteiger partial charge in [-0.25, -0.2) is 9.97 Å². The van der Waals surface area contributed by atoms with Crippen LogP contribution in [0.2, 0.25) is 0 Å². The van der Waals surface area contributed by atoms with Crippen molar-refractivity contribution in [2.75, 3.05) is 19.0 Å². The number of hydrogen-bond acceptors (Lipinski definition) is 6. The summed E-state index contributed by atoms with van der Waals surface area (Å²) in [5, 5.41) is 6.49. The van der Waals surface area contributed by atoms with Gasteiger partial charge in [0.25, 0.3) is 0 Å². The summed E-state index contributed by atoms with van der Waals surface area (Å²) in [5.74, 6) is 2.86. The lowest BCUT2D eigenvalue weighted by Gasteiger charge is -2.18. The van der Waals surface area contributed by atoms with Gasteiger partial charge in [-0.1, -0.05) is 30.0 Å². The third-order valence-electron chi connectivity index (χ3n) is 4.28. The average molecular weight is 376 g/mol. The lowest BCUT2D eigenvalue weighted by atomic mass is 10.2. The van der Waals surface area contributed by atoms with Gasteiger partial charge in [0.15, 0.2) is 28.1 Å². The maximum Gasteiger partial charge on any atom is 0.191 e. The molecule has 0 N–H and O–H groups in total. The molecule has 0 saturated carbocycles. The normalized spacial score (nSPS) is 13.2. The Bertz CT molecular complexity index is 1170. The van der Waals surface area contributed by atoms with Crippen molar-refractivity contribution in [1.29, 1.82) is 0 Å². The predicted octanol–water partition coefficient (Wildman–Crippen LogP) is 3.99. The first-order valence-electron chi connectivity index (χ1n) is 8.63. The maximum absolute atomic E-state index is 5.69. The number of benzene rings is 2. The van der Waals surface area contributed by atoms with Crippen molar-refractivity contribution in [1.82, 2.24) is 19.6 Å². The molecule has 6 nitrogen and oxygen atoms in total. The van der Waals surface area contributed by atoms with Crippen LogP contribution in [-0.4, -0.2) is 38.5 Å². The summed E-state index contributed by atoms with van der Waals surface area (Å²) in [5.41, 5.74) is 2.57. The van der Waals surface area contributed by atoms with E-state index in [1.165, 1.54) is 0 Å². The second-order valence-electron chi connectivity index (χ2n) is 6.04. The van der Waals surface area contributed by atoms with Crippen LogP contribution in [0.1, 0.15) is 0 Å². The number of aromatic nitrogens is 4. The molecule has 4 aromatic rings. The van der Waals surface area contributed by atoms with E-state index in [1.54, 1.807) is 11.8 Å². The highest BCUT2D eigenvalue weighted by molar-refractivity contribution is 7.99. The fourth-order valence-electron chi connectivity index (χ4n) is 3.06. The van der Waals surface area contributed by atoms with E-state index in [-0.39, 0.29) is 0 Å². The van der Waals surface area contributed by atoms with Crippen molar-refractivity contribution in [3.05, 3.63) is 55.1 Å². The Morgan fingerprint density at radius 3 is 2.81 bits per heavy atom. The van der Waals surface area contributed by atoms with Gasteiger partial charge in [-0.2, -0.15) is 4.52 Å². The van der Waals surface area contributed by atoms with Gasteiger partial charge in [-0.15, -0.1) is 11.7 Å². The first-order chi connectivity index (χ1) is 13.3. The molecule has 134 valence electrons. The standard InChI is InChI=1S/C20H16N4O2S/c1-2-11-27-20-21-15-6-4-3-5-14(15)19-22-18(23-24(19)20)13-7-8-16-17(12-13)26-10-9-25-16/h2-8,12H,1,9-11H2. The molecule has 0 spiro atoms. The molecule has 0 aliphatic carbocycles. The molecule has 3 heterocycles. The van der Waals surface area contributed by atoms with Crippen LogP contribution in [0, 0.1) is 0 Å². The fraction of sp³-hybridized carbons (Fsp3) is 0.150. The van der Waals surface area contributed by atoms with E-state index >= 15 is 0 Å². The van der Waals surface area contributed by atoms with Gasteiger partial charge in [0.05, 0.1) is 5.52 Å². The predicted molar refractivity (Wildman–Crippen MR) is 106 cm³/mol. The molecular formula is C20H16N4O2S. The molecule has 0 unspecified atom stereocenters. The summed E-state index contributed by atoms with van der Waals surface area (Å²) in [7, 11) is 0. The fourth-order valence-corrected chi connectivity index (χ4v) is 3.74. The first kappa shape index (κ1) is 16.1. The van der Waals surface area contributed by atoms with Gasteiger partial charge in [-0.05, 0) is 30.3 Å². The Balaban J connectivity index is 1.70. The van der Waals surface area contributed by atoms with E-state index in [1.807, 2.05) is 53.1 Å². The largest absolute Gasteiger partial charge is 0.486 e. The van der Waals surface area contributed by atoms with Crippen molar-refractivity contribution in [2.45, 2.75) is 5.16 Å². The monoisotopic (exact) mass is 376 g/mol. The van der Waals surface area contributed by atoms with E-state index in [9.17, 15) is 0 Å².